The van der Waals surface area contributed by atoms with E-state index in [1.807, 2.05) is 12.1 Å². The molecule has 0 aromatic heterocycles. The highest BCUT2D eigenvalue weighted by Gasteiger charge is 2.38. The number of ether oxygens (including phenoxy) is 2. The van der Waals surface area contributed by atoms with Gasteiger partial charge in [0.05, 0.1) is 24.8 Å². The highest BCUT2D eigenvalue weighted by Crippen LogP contribution is 2.37. The number of carbonyl (C=O) groups excluding carboxylic acids is 1. The van der Waals surface area contributed by atoms with Crippen molar-refractivity contribution in [3.8, 4) is 5.75 Å². The van der Waals surface area contributed by atoms with Crippen LogP contribution in [0.4, 0.5) is 23.7 Å². The minimum atomic E-state index is -4.44. The number of likely N-dealkylation sites (tertiary alicyclic amines) is 1. The van der Waals surface area contributed by atoms with Gasteiger partial charge in [-0.2, -0.15) is 13.2 Å². The first-order valence-corrected chi connectivity index (χ1v) is 10.9. The van der Waals surface area contributed by atoms with Gasteiger partial charge in [0.15, 0.2) is 0 Å². The fourth-order valence-electron chi connectivity index (χ4n) is 4.39. The van der Waals surface area contributed by atoms with Gasteiger partial charge >= 0.3 is 12.3 Å². The second-order valence-electron chi connectivity index (χ2n) is 8.55. The third-order valence-corrected chi connectivity index (χ3v) is 6.44. The predicted octanol–water partition coefficient (Wildman–Crippen LogP) is 4.41. The highest BCUT2D eigenvalue weighted by atomic mass is 19.4. The van der Waals surface area contributed by atoms with Crippen molar-refractivity contribution < 1.29 is 32.5 Å². The van der Waals surface area contributed by atoms with Crippen LogP contribution in [0.25, 0.3) is 0 Å². The Balaban J connectivity index is 1.29. The van der Waals surface area contributed by atoms with Crippen LogP contribution in [0.1, 0.15) is 30.4 Å². The van der Waals surface area contributed by atoms with Crippen LogP contribution in [0.5, 0.6) is 5.75 Å². The van der Waals surface area contributed by atoms with Gasteiger partial charge in [-0.15, -0.1) is 0 Å². The summed E-state index contributed by atoms with van der Waals surface area (Å²) >= 11 is 0. The van der Waals surface area contributed by atoms with E-state index in [9.17, 15) is 23.1 Å². The monoisotopic (exact) mass is 464 g/mol. The molecule has 0 aliphatic carbocycles. The zero-order valence-corrected chi connectivity index (χ0v) is 18.3. The molecule has 2 aromatic carbocycles. The second kappa shape index (κ2) is 9.23. The molecule has 0 bridgehead atoms. The van der Waals surface area contributed by atoms with Gasteiger partial charge in [-0.05, 0) is 61.2 Å². The smallest absolute Gasteiger partial charge is 0.416 e. The largest absolute Gasteiger partial charge is 0.497 e. The first-order chi connectivity index (χ1) is 15.7. The Morgan fingerprint density at radius 3 is 2.48 bits per heavy atom. The van der Waals surface area contributed by atoms with E-state index >= 15 is 0 Å². The number of amides is 1. The molecule has 4 rings (SSSR count). The average Bonchev–Trinajstić information content (AvgIpc) is 3.19. The molecule has 2 aliphatic heterocycles. The maximum Gasteiger partial charge on any atom is 0.416 e. The standard InChI is InChI=1S/C24H27F3N2O4/c1-32-20-7-5-19(6-8-20)29-16-21(33-22(29)30)9-12-28-13-10-23(31,11-14-28)17-3-2-4-18(15-17)24(25,26)27/h2-8,15,21,31H,9-14,16H2,1H3. The van der Waals surface area contributed by atoms with Gasteiger partial charge in [0.1, 0.15) is 11.9 Å². The maximum atomic E-state index is 13.0. The van der Waals surface area contributed by atoms with Crippen molar-refractivity contribution >= 4 is 11.8 Å². The third-order valence-electron chi connectivity index (χ3n) is 6.44. The van der Waals surface area contributed by atoms with E-state index in [1.165, 1.54) is 6.07 Å². The van der Waals surface area contributed by atoms with E-state index in [0.29, 0.717) is 56.8 Å². The Hall–Kier alpha value is -2.78. The van der Waals surface area contributed by atoms with E-state index in [-0.39, 0.29) is 12.2 Å². The molecule has 1 amide bonds. The van der Waals surface area contributed by atoms with E-state index < -0.39 is 17.3 Å². The molecular formula is C24H27F3N2O4. The first kappa shape index (κ1) is 23.4. The number of nitrogens with zero attached hydrogens (tertiary/aromatic N) is 2. The quantitative estimate of drug-likeness (QED) is 0.686. The molecule has 9 heteroatoms. The fraction of sp³-hybridized carbons (Fsp3) is 0.458. The van der Waals surface area contributed by atoms with Crippen LogP contribution in [0.2, 0.25) is 0 Å². The molecular weight excluding hydrogens is 437 g/mol. The SMILES string of the molecule is COc1ccc(N2CC(CCN3CCC(O)(c4cccc(C(F)(F)F)c4)CC3)OC2=O)cc1. The van der Waals surface area contributed by atoms with E-state index in [0.717, 1.165) is 17.8 Å². The number of benzene rings is 2. The molecule has 2 heterocycles. The molecule has 178 valence electrons. The molecule has 1 unspecified atom stereocenters. The van der Waals surface area contributed by atoms with Crippen molar-refractivity contribution in [2.24, 2.45) is 0 Å². The normalized spacial score (nSPS) is 21.2. The summed E-state index contributed by atoms with van der Waals surface area (Å²) in [5.74, 6) is 0.707. The molecule has 0 saturated carbocycles. The number of hydrogen-bond acceptors (Lipinski definition) is 5. The Bertz CT molecular complexity index is 972. The highest BCUT2D eigenvalue weighted by molar-refractivity contribution is 5.89. The molecule has 1 N–H and O–H groups in total. The lowest BCUT2D eigenvalue weighted by Crippen LogP contribution is -2.43. The number of alkyl halides is 3. The number of aliphatic hydroxyl groups is 1. The van der Waals surface area contributed by atoms with Gasteiger partial charge in [-0.25, -0.2) is 4.79 Å². The van der Waals surface area contributed by atoms with Gasteiger partial charge in [-0.3, -0.25) is 4.90 Å². The number of halogens is 3. The summed E-state index contributed by atoms with van der Waals surface area (Å²) in [6.07, 6.45) is -3.74. The van der Waals surface area contributed by atoms with Crippen LogP contribution in [0.15, 0.2) is 48.5 Å². The number of cyclic esters (lactones) is 1. The van der Waals surface area contributed by atoms with Crippen molar-refractivity contribution in [3.05, 3.63) is 59.7 Å². The second-order valence-corrected chi connectivity index (χ2v) is 8.55. The first-order valence-electron chi connectivity index (χ1n) is 10.9. The summed E-state index contributed by atoms with van der Waals surface area (Å²) in [5.41, 5.74) is -0.979. The molecule has 0 radical (unpaired) electrons. The zero-order valence-electron chi connectivity index (χ0n) is 18.3. The Morgan fingerprint density at radius 2 is 1.85 bits per heavy atom. The molecule has 2 fully saturated rings. The van der Waals surface area contributed by atoms with Crippen molar-refractivity contribution in [1.29, 1.82) is 0 Å². The van der Waals surface area contributed by atoms with Gasteiger partial charge in [0.25, 0.3) is 0 Å². The number of hydrogen-bond donors (Lipinski definition) is 1. The lowest BCUT2D eigenvalue weighted by molar-refractivity contribution is -0.137. The van der Waals surface area contributed by atoms with Crippen LogP contribution < -0.4 is 9.64 Å². The van der Waals surface area contributed by atoms with Gasteiger partial charge < -0.3 is 19.5 Å². The van der Waals surface area contributed by atoms with Crippen LogP contribution in [0.3, 0.4) is 0 Å². The van der Waals surface area contributed by atoms with Crippen LogP contribution in [0, 0.1) is 0 Å². The van der Waals surface area contributed by atoms with Crippen molar-refractivity contribution in [2.75, 3.05) is 38.2 Å². The van der Waals surface area contributed by atoms with Crippen LogP contribution >= 0.6 is 0 Å². The summed E-state index contributed by atoms with van der Waals surface area (Å²) in [7, 11) is 1.58. The summed E-state index contributed by atoms with van der Waals surface area (Å²) in [5, 5.41) is 11.0. The Morgan fingerprint density at radius 1 is 1.15 bits per heavy atom. The summed E-state index contributed by atoms with van der Waals surface area (Å²) in [6, 6.07) is 12.1. The molecule has 6 nitrogen and oxygen atoms in total. The number of methoxy groups -OCH3 is 1. The number of anilines is 1. The lowest BCUT2D eigenvalue weighted by atomic mass is 9.83. The van der Waals surface area contributed by atoms with Gasteiger partial charge in [-0.1, -0.05) is 12.1 Å². The molecule has 33 heavy (non-hydrogen) atoms. The van der Waals surface area contributed by atoms with Crippen molar-refractivity contribution in [2.45, 2.75) is 37.1 Å². The molecule has 1 atom stereocenters. The lowest BCUT2D eigenvalue weighted by Gasteiger charge is -2.39. The van der Waals surface area contributed by atoms with E-state index in [1.54, 1.807) is 30.2 Å². The average molecular weight is 464 g/mol. The number of piperidine rings is 1. The van der Waals surface area contributed by atoms with Crippen LogP contribution in [-0.4, -0.2) is 55.5 Å². The maximum absolute atomic E-state index is 13.0. The Kier molecular flexibility index (Phi) is 6.54. The van der Waals surface area contributed by atoms with Gasteiger partial charge in [0, 0.05) is 25.3 Å². The zero-order chi connectivity index (χ0) is 23.6. The molecule has 0 spiro atoms. The summed E-state index contributed by atoms with van der Waals surface area (Å²) in [6.45, 7) is 2.23. The van der Waals surface area contributed by atoms with E-state index in [4.69, 9.17) is 9.47 Å². The molecule has 2 saturated heterocycles. The fourth-order valence-corrected chi connectivity index (χ4v) is 4.39. The van der Waals surface area contributed by atoms with Gasteiger partial charge in [0.2, 0.25) is 0 Å². The summed E-state index contributed by atoms with van der Waals surface area (Å²) < 4.78 is 49.7. The number of carbonyl (C=O) groups is 1. The minimum Gasteiger partial charge on any atom is -0.497 e. The number of rotatable bonds is 6. The van der Waals surface area contributed by atoms with Crippen LogP contribution in [-0.2, 0) is 16.5 Å². The Labute approximate surface area is 190 Å². The van der Waals surface area contributed by atoms with Crippen molar-refractivity contribution in [3.63, 3.8) is 0 Å². The topological polar surface area (TPSA) is 62.2 Å². The third kappa shape index (κ3) is 5.25. The van der Waals surface area contributed by atoms with Crippen molar-refractivity contribution in [1.82, 2.24) is 4.90 Å². The van der Waals surface area contributed by atoms with E-state index in [2.05, 4.69) is 4.90 Å². The molecule has 2 aromatic rings. The minimum absolute atomic E-state index is 0.246. The predicted molar refractivity (Wildman–Crippen MR) is 116 cm³/mol. The molecule has 2 aliphatic rings. The summed E-state index contributed by atoms with van der Waals surface area (Å²) in [4.78, 5) is 16.0.